The maximum Gasteiger partial charge on any atom is 0.330 e. The van der Waals surface area contributed by atoms with Gasteiger partial charge in [0.1, 0.15) is 5.41 Å². The largest absolute Gasteiger partial charge is 0.330 e. The van der Waals surface area contributed by atoms with Crippen molar-refractivity contribution in [2.45, 2.75) is 58.3 Å². The molecule has 1 saturated carbocycles. The number of hydrogen-bond donors (Lipinski definition) is 1. The summed E-state index contributed by atoms with van der Waals surface area (Å²) in [5.41, 5.74) is -0.946. The molecule has 1 saturated heterocycles. The highest BCUT2D eigenvalue weighted by atomic mass is 16.2. The number of carbonyl (C=O) groups excluding carboxylic acids is 3. The number of urea groups is 1. The number of hydrogen-bond acceptors (Lipinski definition) is 3. The molecule has 19 heavy (non-hydrogen) atoms. The van der Waals surface area contributed by atoms with Crippen molar-refractivity contribution in [1.82, 2.24) is 10.2 Å². The summed E-state index contributed by atoms with van der Waals surface area (Å²) in [5, 5.41) is 2.36. The second-order valence-corrected chi connectivity index (χ2v) is 5.57. The Labute approximate surface area is 113 Å². The van der Waals surface area contributed by atoms with Crippen LogP contribution in [0.1, 0.15) is 58.3 Å². The second-order valence-electron chi connectivity index (χ2n) is 5.57. The highest BCUT2D eigenvalue weighted by Gasteiger charge is 2.54. The molecule has 2 aliphatic rings. The first-order valence-electron chi connectivity index (χ1n) is 7.29. The van der Waals surface area contributed by atoms with Gasteiger partial charge in [-0.05, 0) is 19.3 Å². The molecule has 1 N–H and O–H groups in total. The van der Waals surface area contributed by atoms with Crippen molar-refractivity contribution in [3.05, 3.63) is 0 Å². The number of amides is 4. The molecule has 1 aliphatic heterocycles. The van der Waals surface area contributed by atoms with Gasteiger partial charge in [0.25, 0.3) is 0 Å². The Morgan fingerprint density at radius 2 is 1.79 bits per heavy atom. The summed E-state index contributed by atoms with van der Waals surface area (Å²) in [7, 11) is 0. The van der Waals surface area contributed by atoms with Gasteiger partial charge in [0.05, 0.1) is 0 Å². The van der Waals surface area contributed by atoms with Crippen LogP contribution >= 0.6 is 0 Å². The molecule has 0 aromatic rings. The molecule has 0 radical (unpaired) electrons. The van der Waals surface area contributed by atoms with E-state index in [4.69, 9.17) is 0 Å². The van der Waals surface area contributed by atoms with E-state index < -0.39 is 11.4 Å². The molecule has 5 nitrogen and oxygen atoms in total. The van der Waals surface area contributed by atoms with E-state index in [1.54, 1.807) is 0 Å². The fourth-order valence-electron chi connectivity index (χ4n) is 3.05. The monoisotopic (exact) mass is 266 g/mol. The van der Waals surface area contributed by atoms with Crippen LogP contribution in [-0.2, 0) is 9.59 Å². The zero-order valence-corrected chi connectivity index (χ0v) is 11.5. The number of imide groups is 2. The molecule has 106 valence electrons. The first-order chi connectivity index (χ1) is 9.12. The minimum absolute atomic E-state index is 0.268. The lowest BCUT2D eigenvalue weighted by Gasteiger charge is -2.36. The van der Waals surface area contributed by atoms with Gasteiger partial charge in [0.15, 0.2) is 0 Å². The average Bonchev–Trinajstić information content (AvgIpc) is 2.87. The van der Waals surface area contributed by atoms with Gasteiger partial charge in [-0.25, -0.2) is 4.79 Å². The highest BCUT2D eigenvalue weighted by molar-refractivity contribution is 6.19. The molecular weight excluding hydrogens is 244 g/mol. The topological polar surface area (TPSA) is 66.5 Å². The summed E-state index contributed by atoms with van der Waals surface area (Å²) in [6.07, 6.45) is 6.98. The van der Waals surface area contributed by atoms with Crippen LogP contribution in [0.2, 0.25) is 0 Å². The van der Waals surface area contributed by atoms with Crippen LogP contribution < -0.4 is 5.32 Å². The molecule has 5 heteroatoms. The quantitative estimate of drug-likeness (QED) is 0.613. The van der Waals surface area contributed by atoms with Gasteiger partial charge in [-0.2, -0.15) is 0 Å². The highest BCUT2D eigenvalue weighted by Crippen LogP contribution is 2.41. The summed E-state index contributed by atoms with van der Waals surface area (Å²) >= 11 is 0. The number of barbiturate groups is 1. The van der Waals surface area contributed by atoms with Crippen molar-refractivity contribution in [1.29, 1.82) is 0 Å². The lowest BCUT2D eigenvalue weighted by molar-refractivity contribution is -0.151. The summed E-state index contributed by atoms with van der Waals surface area (Å²) in [4.78, 5) is 37.5. The van der Waals surface area contributed by atoms with Gasteiger partial charge in [-0.15, -0.1) is 0 Å². The fourth-order valence-corrected chi connectivity index (χ4v) is 3.05. The van der Waals surface area contributed by atoms with Crippen LogP contribution in [0.5, 0.6) is 0 Å². The summed E-state index contributed by atoms with van der Waals surface area (Å²) in [5.74, 6) is -0.653. The normalized spacial score (nSPS) is 22.2. The third-order valence-electron chi connectivity index (χ3n) is 4.25. The second kappa shape index (κ2) is 5.72. The number of nitrogens with zero attached hydrogens (tertiary/aromatic N) is 1. The lowest BCUT2D eigenvalue weighted by Crippen LogP contribution is -2.63. The summed E-state index contributed by atoms with van der Waals surface area (Å²) < 4.78 is 0. The number of unbranched alkanes of at least 4 members (excludes halogenated alkanes) is 3. The molecule has 0 atom stereocenters. The predicted molar refractivity (Wildman–Crippen MR) is 70.3 cm³/mol. The van der Waals surface area contributed by atoms with Gasteiger partial charge in [0.2, 0.25) is 11.8 Å². The van der Waals surface area contributed by atoms with E-state index in [-0.39, 0.29) is 11.8 Å². The van der Waals surface area contributed by atoms with E-state index >= 15 is 0 Å². The van der Waals surface area contributed by atoms with Crippen molar-refractivity contribution in [3.8, 4) is 0 Å². The number of carbonyl (C=O) groups is 3. The zero-order valence-electron chi connectivity index (χ0n) is 11.5. The fraction of sp³-hybridized carbons (Fsp3) is 0.786. The first kappa shape index (κ1) is 14.0. The van der Waals surface area contributed by atoms with Crippen molar-refractivity contribution in [3.63, 3.8) is 0 Å². The molecule has 1 spiro atoms. The third kappa shape index (κ3) is 2.51. The molecule has 0 unspecified atom stereocenters. The molecule has 2 rings (SSSR count). The maximum absolute atomic E-state index is 12.5. The van der Waals surface area contributed by atoms with Gasteiger partial charge in [0, 0.05) is 6.54 Å². The number of nitrogens with one attached hydrogen (secondary N) is 1. The zero-order chi connectivity index (χ0) is 13.9. The van der Waals surface area contributed by atoms with E-state index in [1.807, 2.05) is 0 Å². The van der Waals surface area contributed by atoms with Gasteiger partial charge in [-0.3, -0.25) is 19.8 Å². The Balaban J connectivity index is 2.04. The molecule has 0 bridgehead atoms. The summed E-state index contributed by atoms with van der Waals surface area (Å²) in [6.45, 7) is 2.55. The van der Waals surface area contributed by atoms with Gasteiger partial charge >= 0.3 is 6.03 Å². The van der Waals surface area contributed by atoms with Crippen LogP contribution in [0.3, 0.4) is 0 Å². The van der Waals surface area contributed by atoms with Crippen LogP contribution in [0.15, 0.2) is 0 Å². The smallest absolute Gasteiger partial charge is 0.277 e. The minimum Gasteiger partial charge on any atom is -0.277 e. The Morgan fingerprint density at radius 3 is 2.42 bits per heavy atom. The maximum atomic E-state index is 12.5. The van der Waals surface area contributed by atoms with Crippen LogP contribution in [-0.4, -0.2) is 29.3 Å². The van der Waals surface area contributed by atoms with E-state index in [9.17, 15) is 14.4 Å². The van der Waals surface area contributed by atoms with Crippen LogP contribution in [0.25, 0.3) is 0 Å². The summed E-state index contributed by atoms with van der Waals surface area (Å²) in [6, 6.07) is -0.538. The SMILES string of the molecule is CCCCCCN1C(=O)NC(=O)C2(CCCC2)C1=O. The Kier molecular flexibility index (Phi) is 4.22. The molecular formula is C14H22N2O3. The molecule has 2 fully saturated rings. The van der Waals surface area contributed by atoms with Crippen molar-refractivity contribution >= 4 is 17.8 Å². The van der Waals surface area contributed by atoms with Crippen molar-refractivity contribution < 1.29 is 14.4 Å². The average molecular weight is 266 g/mol. The van der Waals surface area contributed by atoms with E-state index in [0.717, 1.165) is 38.5 Å². The predicted octanol–water partition coefficient (Wildman–Crippen LogP) is 2.21. The Morgan fingerprint density at radius 1 is 1.11 bits per heavy atom. The Bertz CT molecular complexity index is 386. The third-order valence-corrected chi connectivity index (χ3v) is 4.25. The van der Waals surface area contributed by atoms with Gasteiger partial charge in [-0.1, -0.05) is 39.0 Å². The van der Waals surface area contributed by atoms with E-state index in [0.29, 0.717) is 19.4 Å². The number of rotatable bonds is 5. The van der Waals surface area contributed by atoms with Crippen molar-refractivity contribution in [2.24, 2.45) is 5.41 Å². The van der Waals surface area contributed by atoms with Gasteiger partial charge < -0.3 is 0 Å². The van der Waals surface area contributed by atoms with Crippen LogP contribution in [0, 0.1) is 5.41 Å². The Hall–Kier alpha value is -1.39. The standard InChI is InChI=1S/C14H22N2O3/c1-2-3-4-7-10-16-12(18)14(8-5-6-9-14)11(17)15-13(16)19/h2-10H2,1H3,(H,15,17,19). The van der Waals surface area contributed by atoms with Crippen molar-refractivity contribution in [2.75, 3.05) is 6.54 Å². The minimum atomic E-state index is -0.946. The molecule has 1 aliphatic carbocycles. The first-order valence-corrected chi connectivity index (χ1v) is 7.29. The van der Waals surface area contributed by atoms with Crippen LogP contribution in [0.4, 0.5) is 4.79 Å². The molecule has 1 heterocycles. The van der Waals surface area contributed by atoms with E-state index in [2.05, 4.69) is 12.2 Å². The molecule has 4 amide bonds. The molecule has 0 aromatic heterocycles. The lowest BCUT2D eigenvalue weighted by atomic mass is 9.82. The van der Waals surface area contributed by atoms with E-state index in [1.165, 1.54) is 4.90 Å². The molecule has 0 aromatic carbocycles.